The standard InChI is InChI=1S/C14H16N4O/c1-11-5-6-13(17-10-11)18-14(19)7-9-16-12-4-2-3-8-15-12/h2-6,8,10H,7,9H2,1H3,(H,15,16)(H,17,18,19). The van der Waals surface area contributed by atoms with Crippen molar-refractivity contribution in [3.63, 3.8) is 0 Å². The number of carbonyl (C=O) groups excluding carboxylic acids is 1. The van der Waals surface area contributed by atoms with Crippen LogP contribution >= 0.6 is 0 Å². The van der Waals surface area contributed by atoms with E-state index in [1.54, 1.807) is 18.5 Å². The van der Waals surface area contributed by atoms with Crippen molar-refractivity contribution in [2.24, 2.45) is 0 Å². The fourth-order valence-corrected chi connectivity index (χ4v) is 1.52. The summed E-state index contributed by atoms with van der Waals surface area (Å²) in [5, 5.41) is 5.82. The molecule has 0 aromatic carbocycles. The third-order valence-corrected chi connectivity index (χ3v) is 2.50. The van der Waals surface area contributed by atoms with Gasteiger partial charge in [-0.2, -0.15) is 0 Å². The molecule has 0 fully saturated rings. The summed E-state index contributed by atoms with van der Waals surface area (Å²) in [5.74, 6) is 1.27. The Morgan fingerprint density at radius 2 is 2.05 bits per heavy atom. The molecule has 0 radical (unpaired) electrons. The lowest BCUT2D eigenvalue weighted by Gasteiger charge is -2.06. The van der Waals surface area contributed by atoms with Crippen LogP contribution in [-0.4, -0.2) is 22.4 Å². The van der Waals surface area contributed by atoms with Crippen molar-refractivity contribution in [3.8, 4) is 0 Å². The summed E-state index contributed by atoms with van der Waals surface area (Å²) < 4.78 is 0. The molecule has 0 saturated heterocycles. The van der Waals surface area contributed by atoms with Gasteiger partial charge in [-0.1, -0.05) is 12.1 Å². The molecule has 98 valence electrons. The molecule has 19 heavy (non-hydrogen) atoms. The van der Waals surface area contributed by atoms with Crippen LogP contribution in [0.2, 0.25) is 0 Å². The number of hydrogen-bond acceptors (Lipinski definition) is 4. The fraction of sp³-hybridized carbons (Fsp3) is 0.214. The average molecular weight is 256 g/mol. The highest BCUT2D eigenvalue weighted by Gasteiger charge is 2.02. The largest absolute Gasteiger partial charge is 0.370 e. The van der Waals surface area contributed by atoms with Crippen LogP contribution in [0.15, 0.2) is 42.7 Å². The van der Waals surface area contributed by atoms with Crippen molar-refractivity contribution in [1.29, 1.82) is 0 Å². The van der Waals surface area contributed by atoms with Crippen molar-refractivity contribution in [1.82, 2.24) is 9.97 Å². The zero-order valence-electron chi connectivity index (χ0n) is 10.8. The van der Waals surface area contributed by atoms with Gasteiger partial charge in [-0.3, -0.25) is 4.79 Å². The Morgan fingerprint density at radius 1 is 1.16 bits per heavy atom. The number of aryl methyl sites for hydroxylation is 1. The van der Waals surface area contributed by atoms with Gasteiger partial charge >= 0.3 is 0 Å². The maximum Gasteiger partial charge on any atom is 0.227 e. The average Bonchev–Trinajstić information content (AvgIpc) is 2.43. The molecular weight excluding hydrogens is 240 g/mol. The molecule has 2 aromatic rings. The Kier molecular flexibility index (Phi) is 4.44. The molecular formula is C14H16N4O. The van der Waals surface area contributed by atoms with Crippen LogP contribution in [0.3, 0.4) is 0 Å². The number of amides is 1. The highest BCUT2D eigenvalue weighted by atomic mass is 16.1. The van der Waals surface area contributed by atoms with Gasteiger partial charge in [0.05, 0.1) is 0 Å². The van der Waals surface area contributed by atoms with Gasteiger partial charge in [-0.05, 0) is 30.7 Å². The summed E-state index contributed by atoms with van der Waals surface area (Å²) in [7, 11) is 0. The second-order valence-electron chi connectivity index (χ2n) is 4.16. The first kappa shape index (κ1) is 13.0. The lowest BCUT2D eigenvalue weighted by Crippen LogP contribution is -2.17. The van der Waals surface area contributed by atoms with Crippen LogP contribution in [-0.2, 0) is 4.79 Å². The molecule has 2 aromatic heterocycles. The first-order valence-corrected chi connectivity index (χ1v) is 6.11. The van der Waals surface area contributed by atoms with Gasteiger partial charge in [0.1, 0.15) is 11.6 Å². The van der Waals surface area contributed by atoms with Crippen molar-refractivity contribution in [3.05, 3.63) is 48.3 Å². The Morgan fingerprint density at radius 3 is 2.74 bits per heavy atom. The predicted octanol–water partition coefficient (Wildman–Crippen LogP) is 2.23. The van der Waals surface area contributed by atoms with E-state index in [1.807, 2.05) is 31.2 Å². The van der Waals surface area contributed by atoms with Crippen molar-refractivity contribution < 1.29 is 4.79 Å². The number of nitrogens with zero attached hydrogens (tertiary/aromatic N) is 2. The van der Waals surface area contributed by atoms with Crippen LogP contribution in [0.4, 0.5) is 11.6 Å². The van der Waals surface area contributed by atoms with E-state index < -0.39 is 0 Å². The third kappa shape index (κ3) is 4.39. The van der Waals surface area contributed by atoms with E-state index in [0.717, 1.165) is 11.4 Å². The molecule has 0 unspecified atom stereocenters. The Balaban J connectivity index is 1.74. The van der Waals surface area contributed by atoms with E-state index in [-0.39, 0.29) is 5.91 Å². The smallest absolute Gasteiger partial charge is 0.227 e. The molecule has 0 aliphatic carbocycles. The SMILES string of the molecule is Cc1ccc(NC(=O)CCNc2ccccn2)nc1. The van der Waals surface area contributed by atoms with Gasteiger partial charge < -0.3 is 10.6 Å². The summed E-state index contributed by atoms with van der Waals surface area (Å²) in [4.78, 5) is 19.9. The first-order valence-electron chi connectivity index (χ1n) is 6.11. The molecule has 2 N–H and O–H groups in total. The molecule has 0 atom stereocenters. The maximum atomic E-state index is 11.7. The van der Waals surface area contributed by atoms with Crippen LogP contribution in [0.25, 0.3) is 0 Å². The van der Waals surface area contributed by atoms with Crippen molar-refractivity contribution >= 4 is 17.5 Å². The summed E-state index contributed by atoms with van der Waals surface area (Å²) in [5.41, 5.74) is 1.06. The summed E-state index contributed by atoms with van der Waals surface area (Å²) in [6.07, 6.45) is 3.80. The summed E-state index contributed by atoms with van der Waals surface area (Å²) >= 11 is 0. The molecule has 2 heterocycles. The van der Waals surface area contributed by atoms with Crippen LogP contribution in [0.5, 0.6) is 0 Å². The molecule has 1 amide bonds. The van der Waals surface area contributed by atoms with E-state index in [9.17, 15) is 4.79 Å². The van der Waals surface area contributed by atoms with Gasteiger partial charge in [0.15, 0.2) is 0 Å². The van der Waals surface area contributed by atoms with Crippen LogP contribution in [0.1, 0.15) is 12.0 Å². The molecule has 5 nitrogen and oxygen atoms in total. The van der Waals surface area contributed by atoms with Gasteiger partial charge in [-0.15, -0.1) is 0 Å². The lowest BCUT2D eigenvalue weighted by molar-refractivity contribution is -0.116. The number of carbonyl (C=O) groups is 1. The molecule has 5 heteroatoms. The summed E-state index contributed by atoms with van der Waals surface area (Å²) in [6, 6.07) is 9.31. The van der Waals surface area contributed by atoms with E-state index in [1.165, 1.54) is 0 Å². The van der Waals surface area contributed by atoms with E-state index >= 15 is 0 Å². The number of pyridine rings is 2. The molecule has 2 rings (SSSR count). The van der Waals surface area contributed by atoms with Crippen LogP contribution < -0.4 is 10.6 Å². The van der Waals surface area contributed by atoms with E-state index in [4.69, 9.17) is 0 Å². The number of anilines is 2. The van der Waals surface area contributed by atoms with Crippen molar-refractivity contribution in [2.45, 2.75) is 13.3 Å². The highest BCUT2D eigenvalue weighted by Crippen LogP contribution is 2.04. The van der Waals surface area contributed by atoms with Gasteiger partial charge in [0.25, 0.3) is 0 Å². The Bertz CT molecular complexity index is 525. The van der Waals surface area contributed by atoms with Crippen molar-refractivity contribution in [2.75, 3.05) is 17.2 Å². The quantitative estimate of drug-likeness (QED) is 0.860. The van der Waals surface area contributed by atoms with Crippen LogP contribution in [0, 0.1) is 6.92 Å². The van der Waals surface area contributed by atoms with Gasteiger partial charge in [-0.25, -0.2) is 9.97 Å². The minimum absolute atomic E-state index is 0.0696. The fourth-order valence-electron chi connectivity index (χ4n) is 1.52. The Labute approximate surface area is 112 Å². The normalized spacial score (nSPS) is 9.95. The molecule has 0 bridgehead atoms. The zero-order valence-corrected chi connectivity index (χ0v) is 10.8. The minimum Gasteiger partial charge on any atom is -0.370 e. The predicted molar refractivity (Wildman–Crippen MR) is 74.9 cm³/mol. The second-order valence-corrected chi connectivity index (χ2v) is 4.16. The maximum absolute atomic E-state index is 11.7. The van der Waals surface area contributed by atoms with Gasteiger partial charge in [0.2, 0.25) is 5.91 Å². The Hall–Kier alpha value is -2.43. The number of rotatable bonds is 5. The monoisotopic (exact) mass is 256 g/mol. The molecule has 0 aliphatic rings. The minimum atomic E-state index is -0.0696. The van der Waals surface area contributed by atoms with E-state index in [2.05, 4.69) is 20.6 Å². The third-order valence-electron chi connectivity index (χ3n) is 2.50. The van der Waals surface area contributed by atoms with E-state index in [0.29, 0.717) is 18.8 Å². The number of aromatic nitrogens is 2. The highest BCUT2D eigenvalue weighted by molar-refractivity contribution is 5.89. The number of nitrogens with one attached hydrogen (secondary N) is 2. The topological polar surface area (TPSA) is 66.9 Å². The first-order chi connectivity index (χ1) is 9.24. The summed E-state index contributed by atoms with van der Waals surface area (Å²) in [6.45, 7) is 2.49. The lowest BCUT2D eigenvalue weighted by atomic mass is 10.3. The number of hydrogen-bond donors (Lipinski definition) is 2. The van der Waals surface area contributed by atoms with Gasteiger partial charge in [0, 0.05) is 25.4 Å². The zero-order chi connectivity index (χ0) is 13.5. The molecule has 0 aliphatic heterocycles. The second kappa shape index (κ2) is 6.49. The molecule has 0 saturated carbocycles. The molecule has 0 spiro atoms.